The average molecular weight is 319 g/mol. The number of nitrogens with two attached hydrogens (primary N) is 1. The van der Waals surface area contributed by atoms with Crippen molar-refractivity contribution in [2.24, 2.45) is 0 Å². The molecular weight excluding hydrogens is 300 g/mol. The molecule has 0 aliphatic rings. The molecule has 3 N–H and O–H groups in total. The second-order valence-electron chi connectivity index (χ2n) is 4.58. The highest BCUT2D eigenvalue weighted by atomic mass is 35.5. The Hall–Kier alpha value is -1.27. The number of hydrogen-bond donors (Lipinski definition) is 2. The molecule has 1 aromatic carbocycles. The molecule has 1 rings (SSSR count). The topological polar surface area (TPSA) is 89.3 Å². The highest BCUT2D eigenvalue weighted by molar-refractivity contribution is 7.92. The van der Waals surface area contributed by atoms with Gasteiger partial charge in [-0.15, -0.1) is 0 Å². The van der Waals surface area contributed by atoms with Gasteiger partial charge in [-0.25, -0.2) is 8.42 Å². The molecule has 0 saturated heterocycles. The maximum absolute atomic E-state index is 11.7. The van der Waals surface area contributed by atoms with E-state index in [0.29, 0.717) is 22.8 Å². The first-order chi connectivity index (χ1) is 9.34. The zero-order valence-corrected chi connectivity index (χ0v) is 12.9. The molecule has 0 bridgehead atoms. The summed E-state index contributed by atoms with van der Waals surface area (Å²) >= 11 is 5.76. The number of benzene rings is 1. The third-order valence-electron chi connectivity index (χ3n) is 2.69. The molecule has 0 aromatic heterocycles. The van der Waals surface area contributed by atoms with Crippen LogP contribution < -0.4 is 11.1 Å². The van der Waals surface area contributed by atoms with Crippen molar-refractivity contribution < 1.29 is 13.2 Å². The SMILES string of the molecule is CCCCCS(=O)(=O)CC(=O)Nc1ccc(Cl)c(N)c1. The minimum atomic E-state index is -3.36. The Morgan fingerprint density at radius 1 is 1.35 bits per heavy atom. The predicted molar refractivity (Wildman–Crippen MR) is 82.7 cm³/mol. The summed E-state index contributed by atoms with van der Waals surface area (Å²) in [6, 6.07) is 4.60. The lowest BCUT2D eigenvalue weighted by atomic mass is 10.3. The van der Waals surface area contributed by atoms with Crippen molar-refractivity contribution in [2.75, 3.05) is 22.6 Å². The van der Waals surface area contributed by atoms with Crippen molar-refractivity contribution in [2.45, 2.75) is 26.2 Å². The average Bonchev–Trinajstić information content (AvgIpc) is 2.33. The van der Waals surface area contributed by atoms with Gasteiger partial charge in [-0.05, 0) is 24.6 Å². The summed E-state index contributed by atoms with van der Waals surface area (Å²) in [5.41, 5.74) is 6.36. The second kappa shape index (κ2) is 7.50. The fraction of sp³-hybridized carbons (Fsp3) is 0.462. The highest BCUT2D eigenvalue weighted by Crippen LogP contribution is 2.22. The molecule has 0 atom stereocenters. The van der Waals surface area contributed by atoms with Gasteiger partial charge in [0.15, 0.2) is 9.84 Å². The zero-order valence-electron chi connectivity index (χ0n) is 11.4. The molecule has 1 amide bonds. The molecule has 0 spiro atoms. The first-order valence-corrected chi connectivity index (χ1v) is 8.59. The number of amides is 1. The number of rotatable bonds is 7. The lowest BCUT2D eigenvalue weighted by Gasteiger charge is -2.07. The number of hydrogen-bond acceptors (Lipinski definition) is 4. The summed E-state index contributed by atoms with van der Waals surface area (Å²) in [6.07, 6.45) is 2.36. The van der Waals surface area contributed by atoms with Crippen LogP contribution in [-0.2, 0) is 14.6 Å². The van der Waals surface area contributed by atoms with Gasteiger partial charge in [-0.2, -0.15) is 0 Å². The van der Waals surface area contributed by atoms with E-state index in [9.17, 15) is 13.2 Å². The highest BCUT2D eigenvalue weighted by Gasteiger charge is 2.16. The lowest BCUT2D eigenvalue weighted by Crippen LogP contribution is -2.24. The van der Waals surface area contributed by atoms with Gasteiger partial charge in [0.1, 0.15) is 5.75 Å². The van der Waals surface area contributed by atoms with E-state index in [-0.39, 0.29) is 5.75 Å². The van der Waals surface area contributed by atoms with E-state index in [4.69, 9.17) is 17.3 Å². The van der Waals surface area contributed by atoms with Crippen molar-refractivity contribution in [3.8, 4) is 0 Å². The fourth-order valence-corrected chi connectivity index (χ4v) is 3.04. The molecule has 1 aromatic rings. The van der Waals surface area contributed by atoms with Crippen LogP contribution in [0, 0.1) is 0 Å². The maximum Gasteiger partial charge on any atom is 0.239 e. The van der Waals surface area contributed by atoms with E-state index in [0.717, 1.165) is 12.8 Å². The summed E-state index contributed by atoms with van der Waals surface area (Å²) in [5, 5.41) is 2.88. The van der Waals surface area contributed by atoms with Crippen LogP contribution in [-0.4, -0.2) is 25.8 Å². The van der Waals surface area contributed by atoms with Crippen LogP contribution >= 0.6 is 11.6 Å². The molecule has 5 nitrogen and oxygen atoms in total. The van der Waals surface area contributed by atoms with Crippen molar-refractivity contribution in [3.05, 3.63) is 23.2 Å². The maximum atomic E-state index is 11.7. The number of nitrogen functional groups attached to an aromatic ring is 1. The molecule has 0 unspecified atom stereocenters. The van der Waals surface area contributed by atoms with Crippen LogP contribution in [0.4, 0.5) is 11.4 Å². The molecule has 0 aliphatic carbocycles. The number of sulfone groups is 1. The van der Waals surface area contributed by atoms with E-state index in [1.807, 2.05) is 6.92 Å². The molecule has 0 radical (unpaired) electrons. The van der Waals surface area contributed by atoms with Crippen molar-refractivity contribution in [1.29, 1.82) is 0 Å². The minimum Gasteiger partial charge on any atom is -0.397 e. The van der Waals surface area contributed by atoms with Crippen molar-refractivity contribution in [3.63, 3.8) is 0 Å². The molecule has 112 valence electrons. The first-order valence-electron chi connectivity index (χ1n) is 6.39. The van der Waals surface area contributed by atoms with Gasteiger partial charge in [-0.1, -0.05) is 31.4 Å². The number of halogens is 1. The number of carbonyl (C=O) groups excluding carboxylic acids is 1. The Morgan fingerprint density at radius 3 is 2.65 bits per heavy atom. The number of anilines is 2. The summed E-state index contributed by atoms with van der Waals surface area (Å²) in [6.45, 7) is 1.99. The van der Waals surface area contributed by atoms with Crippen LogP contribution in [0.3, 0.4) is 0 Å². The number of nitrogens with one attached hydrogen (secondary N) is 1. The van der Waals surface area contributed by atoms with E-state index < -0.39 is 21.5 Å². The summed E-state index contributed by atoms with van der Waals surface area (Å²) in [4.78, 5) is 11.7. The smallest absolute Gasteiger partial charge is 0.239 e. The zero-order chi connectivity index (χ0) is 15.2. The third kappa shape index (κ3) is 5.79. The Balaban J connectivity index is 2.56. The van der Waals surface area contributed by atoms with Gasteiger partial charge in [0.2, 0.25) is 5.91 Å². The van der Waals surface area contributed by atoms with Crippen LogP contribution in [0.15, 0.2) is 18.2 Å². The normalized spacial score (nSPS) is 11.3. The number of unbranched alkanes of at least 4 members (excludes halogenated alkanes) is 2. The summed E-state index contributed by atoms with van der Waals surface area (Å²) in [5.74, 6) is -1.04. The molecule has 7 heteroatoms. The fourth-order valence-electron chi connectivity index (χ4n) is 1.66. The largest absolute Gasteiger partial charge is 0.397 e. The van der Waals surface area contributed by atoms with Gasteiger partial charge in [0, 0.05) is 5.69 Å². The minimum absolute atomic E-state index is 0.0387. The number of carbonyl (C=O) groups is 1. The third-order valence-corrected chi connectivity index (χ3v) is 4.65. The Morgan fingerprint density at radius 2 is 2.05 bits per heavy atom. The Kier molecular flexibility index (Phi) is 6.29. The van der Waals surface area contributed by atoms with Gasteiger partial charge < -0.3 is 11.1 Å². The Labute approximate surface area is 124 Å². The van der Waals surface area contributed by atoms with Crippen LogP contribution in [0.2, 0.25) is 5.02 Å². The monoisotopic (exact) mass is 318 g/mol. The van der Waals surface area contributed by atoms with E-state index in [2.05, 4.69) is 5.32 Å². The van der Waals surface area contributed by atoms with Gasteiger partial charge in [0.05, 0.1) is 16.5 Å². The first kappa shape index (κ1) is 16.8. The van der Waals surface area contributed by atoms with Gasteiger partial charge >= 0.3 is 0 Å². The quantitative estimate of drug-likeness (QED) is 0.597. The van der Waals surface area contributed by atoms with Gasteiger partial charge in [-0.3, -0.25) is 4.79 Å². The van der Waals surface area contributed by atoms with Crippen LogP contribution in [0.25, 0.3) is 0 Å². The molecule has 0 fully saturated rings. The van der Waals surface area contributed by atoms with E-state index >= 15 is 0 Å². The molecule has 20 heavy (non-hydrogen) atoms. The molecular formula is C13H19ClN2O3S. The van der Waals surface area contributed by atoms with E-state index in [1.165, 1.54) is 6.07 Å². The molecule has 0 heterocycles. The molecule has 0 aliphatic heterocycles. The van der Waals surface area contributed by atoms with E-state index in [1.54, 1.807) is 12.1 Å². The summed E-state index contributed by atoms with van der Waals surface area (Å²) in [7, 11) is -3.36. The standard InChI is InChI=1S/C13H19ClN2O3S/c1-2-3-4-7-20(18,19)9-13(17)16-10-5-6-11(14)12(15)8-10/h5-6,8H,2-4,7,9,15H2,1H3,(H,16,17). The van der Waals surface area contributed by atoms with Gasteiger partial charge in [0.25, 0.3) is 0 Å². The van der Waals surface area contributed by atoms with Crippen LogP contribution in [0.1, 0.15) is 26.2 Å². The van der Waals surface area contributed by atoms with Crippen molar-refractivity contribution >= 4 is 38.7 Å². The van der Waals surface area contributed by atoms with Crippen LogP contribution in [0.5, 0.6) is 0 Å². The molecule has 0 saturated carbocycles. The second-order valence-corrected chi connectivity index (χ2v) is 7.17. The lowest BCUT2D eigenvalue weighted by molar-refractivity contribution is -0.113. The Bertz CT molecular complexity index is 573. The van der Waals surface area contributed by atoms with Crippen molar-refractivity contribution in [1.82, 2.24) is 0 Å². The predicted octanol–water partition coefficient (Wildman–Crippen LogP) is 2.47. The summed E-state index contributed by atoms with van der Waals surface area (Å²) < 4.78 is 23.4.